The average Bonchev–Trinajstić information content (AvgIpc) is 2.54. The average molecular weight is 384 g/mol. The first-order valence-corrected chi connectivity index (χ1v) is 9.00. The normalized spacial score (nSPS) is 15.3. The monoisotopic (exact) mass is 384 g/mol. The van der Waals surface area contributed by atoms with E-state index >= 15 is 0 Å². The number of alkyl halides is 3. The van der Waals surface area contributed by atoms with E-state index in [1.165, 1.54) is 11.6 Å². The van der Waals surface area contributed by atoms with Gasteiger partial charge in [-0.2, -0.15) is 13.2 Å². The van der Waals surface area contributed by atoms with Crippen molar-refractivity contribution in [1.29, 1.82) is 0 Å². The highest BCUT2D eigenvalue weighted by Gasteiger charge is 2.36. The molecule has 8 heteroatoms. The van der Waals surface area contributed by atoms with Crippen LogP contribution in [0.1, 0.15) is 25.0 Å². The second kappa shape index (κ2) is 6.33. The summed E-state index contributed by atoms with van der Waals surface area (Å²) in [5, 5.41) is 0.0607. The van der Waals surface area contributed by atoms with Gasteiger partial charge in [0.1, 0.15) is 5.75 Å². The van der Waals surface area contributed by atoms with Crippen LogP contribution in [0.2, 0.25) is 0 Å². The Hall–Kier alpha value is -1.96. The van der Waals surface area contributed by atoms with Gasteiger partial charge in [-0.1, -0.05) is 25.6 Å². The van der Waals surface area contributed by atoms with Gasteiger partial charge in [-0.05, 0) is 30.2 Å². The molecular formula is C18H19F3N2O2S. The Morgan fingerprint density at radius 3 is 2.65 bits per heavy atom. The zero-order chi connectivity index (χ0) is 19.3. The number of aromatic nitrogens is 2. The van der Waals surface area contributed by atoms with Gasteiger partial charge in [-0.25, -0.2) is 4.98 Å². The minimum atomic E-state index is -4.33. The molecule has 0 N–H and O–H groups in total. The zero-order valence-corrected chi connectivity index (χ0v) is 15.7. The Bertz CT molecular complexity index is 920. The standard InChI is InChI=1S/C18H19F3N2O2S/c1-17(2)8-10-7-11(25-4)5-6-12(10)14-13(17)15(24)23(3)16(22-14)26-9-18(19,20)21/h5-7H,8-9H2,1-4H3. The van der Waals surface area contributed by atoms with E-state index in [0.717, 1.165) is 11.1 Å². The van der Waals surface area contributed by atoms with E-state index in [1.54, 1.807) is 13.2 Å². The molecule has 4 nitrogen and oxygen atoms in total. The SMILES string of the molecule is COc1ccc2c(c1)CC(C)(C)c1c-2nc(SCC(F)(F)F)n(C)c1=O. The number of benzene rings is 1. The van der Waals surface area contributed by atoms with E-state index in [0.29, 0.717) is 35.2 Å². The number of hydrogen-bond donors (Lipinski definition) is 0. The molecule has 0 bridgehead atoms. The lowest BCUT2D eigenvalue weighted by atomic mass is 9.72. The van der Waals surface area contributed by atoms with Crippen LogP contribution in [0.4, 0.5) is 13.2 Å². The number of halogens is 3. The third kappa shape index (κ3) is 3.34. The molecule has 0 aliphatic heterocycles. The van der Waals surface area contributed by atoms with Crippen molar-refractivity contribution in [2.24, 2.45) is 7.05 Å². The van der Waals surface area contributed by atoms with E-state index in [4.69, 9.17) is 4.74 Å². The number of ether oxygens (including phenoxy) is 1. The molecule has 2 aromatic rings. The first-order valence-electron chi connectivity index (χ1n) is 8.02. The van der Waals surface area contributed by atoms with Crippen molar-refractivity contribution in [2.45, 2.75) is 37.0 Å². The maximum atomic E-state index is 12.9. The molecule has 0 radical (unpaired) electrons. The van der Waals surface area contributed by atoms with Crippen molar-refractivity contribution >= 4 is 11.8 Å². The molecule has 3 rings (SSSR count). The van der Waals surface area contributed by atoms with Gasteiger partial charge >= 0.3 is 6.18 Å². The van der Waals surface area contributed by atoms with Crippen molar-refractivity contribution in [3.63, 3.8) is 0 Å². The highest BCUT2D eigenvalue weighted by Crippen LogP contribution is 2.42. The quantitative estimate of drug-likeness (QED) is 0.594. The summed E-state index contributed by atoms with van der Waals surface area (Å²) < 4.78 is 44.3. The van der Waals surface area contributed by atoms with Crippen molar-refractivity contribution < 1.29 is 17.9 Å². The first-order chi connectivity index (χ1) is 12.0. The van der Waals surface area contributed by atoms with E-state index in [1.807, 2.05) is 26.0 Å². The number of nitrogens with zero attached hydrogens (tertiary/aromatic N) is 2. The Kier molecular flexibility index (Phi) is 4.58. The Morgan fingerprint density at radius 1 is 1.35 bits per heavy atom. The minimum Gasteiger partial charge on any atom is -0.497 e. The molecule has 0 fully saturated rings. The number of rotatable bonds is 3. The lowest BCUT2D eigenvalue weighted by Crippen LogP contribution is -2.37. The van der Waals surface area contributed by atoms with Crippen LogP contribution in [-0.4, -0.2) is 28.6 Å². The summed E-state index contributed by atoms with van der Waals surface area (Å²) >= 11 is 0.526. The summed E-state index contributed by atoms with van der Waals surface area (Å²) in [6, 6.07) is 5.47. The Balaban J connectivity index is 2.20. The summed E-state index contributed by atoms with van der Waals surface area (Å²) in [6.07, 6.45) is -3.71. The first kappa shape index (κ1) is 18.8. The van der Waals surface area contributed by atoms with Gasteiger partial charge in [0.2, 0.25) is 0 Å². The fraction of sp³-hybridized carbons (Fsp3) is 0.444. The van der Waals surface area contributed by atoms with Crippen LogP contribution in [0.3, 0.4) is 0 Å². The van der Waals surface area contributed by atoms with E-state index in [9.17, 15) is 18.0 Å². The summed E-state index contributed by atoms with van der Waals surface area (Å²) in [6.45, 7) is 3.89. The van der Waals surface area contributed by atoms with Crippen molar-refractivity contribution in [1.82, 2.24) is 9.55 Å². The molecule has 0 unspecified atom stereocenters. The van der Waals surface area contributed by atoms with Gasteiger partial charge in [0, 0.05) is 23.6 Å². The molecule has 1 aliphatic carbocycles. The van der Waals surface area contributed by atoms with Crippen LogP contribution < -0.4 is 10.3 Å². The molecule has 1 heterocycles. The third-order valence-corrected chi connectivity index (χ3v) is 5.59. The van der Waals surface area contributed by atoms with Crippen LogP contribution in [0.15, 0.2) is 28.2 Å². The van der Waals surface area contributed by atoms with Gasteiger partial charge in [0.15, 0.2) is 5.16 Å². The highest BCUT2D eigenvalue weighted by molar-refractivity contribution is 7.99. The predicted molar refractivity (Wildman–Crippen MR) is 95.0 cm³/mol. The van der Waals surface area contributed by atoms with E-state index in [2.05, 4.69) is 4.98 Å². The van der Waals surface area contributed by atoms with Gasteiger partial charge in [0.05, 0.1) is 18.6 Å². The number of methoxy groups -OCH3 is 1. The van der Waals surface area contributed by atoms with Gasteiger partial charge < -0.3 is 4.74 Å². The summed E-state index contributed by atoms with van der Waals surface area (Å²) in [5.74, 6) is -0.399. The fourth-order valence-electron chi connectivity index (χ4n) is 3.30. The van der Waals surface area contributed by atoms with Gasteiger partial charge in [0.25, 0.3) is 5.56 Å². The second-order valence-electron chi connectivity index (χ2n) is 6.97. The zero-order valence-electron chi connectivity index (χ0n) is 14.9. The maximum absolute atomic E-state index is 12.9. The second-order valence-corrected chi connectivity index (χ2v) is 7.91. The lowest BCUT2D eigenvalue weighted by Gasteiger charge is -2.33. The van der Waals surface area contributed by atoms with Crippen molar-refractivity contribution in [2.75, 3.05) is 12.9 Å². The van der Waals surface area contributed by atoms with Crippen molar-refractivity contribution in [3.8, 4) is 17.0 Å². The van der Waals surface area contributed by atoms with Crippen LogP contribution in [0.25, 0.3) is 11.3 Å². The molecule has 26 heavy (non-hydrogen) atoms. The summed E-state index contributed by atoms with van der Waals surface area (Å²) in [4.78, 5) is 17.4. The molecule has 1 aliphatic rings. The summed E-state index contributed by atoms with van der Waals surface area (Å²) in [7, 11) is 3.04. The third-order valence-electron chi connectivity index (χ3n) is 4.49. The van der Waals surface area contributed by atoms with Crippen LogP contribution >= 0.6 is 11.8 Å². The van der Waals surface area contributed by atoms with Gasteiger partial charge in [-0.3, -0.25) is 9.36 Å². The predicted octanol–water partition coefficient (Wildman–Crippen LogP) is 3.94. The maximum Gasteiger partial charge on any atom is 0.398 e. The fourth-order valence-corrected chi connectivity index (χ4v) is 4.03. The molecular weight excluding hydrogens is 365 g/mol. The highest BCUT2D eigenvalue weighted by atomic mass is 32.2. The smallest absolute Gasteiger partial charge is 0.398 e. The van der Waals surface area contributed by atoms with Crippen LogP contribution in [-0.2, 0) is 18.9 Å². The van der Waals surface area contributed by atoms with E-state index < -0.39 is 17.3 Å². The minimum absolute atomic E-state index is 0.0607. The lowest BCUT2D eigenvalue weighted by molar-refractivity contribution is -0.105. The largest absolute Gasteiger partial charge is 0.497 e. The molecule has 0 saturated heterocycles. The number of fused-ring (bicyclic) bond motifs is 3. The Labute approximate surface area is 153 Å². The molecule has 0 atom stereocenters. The van der Waals surface area contributed by atoms with E-state index in [-0.39, 0.29) is 10.7 Å². The Morgan fingerprint density at radius 2 is 2.04 bits per heavy atom. The molecule has 0 saturated carbocycles. The topological polar surface area (TPSA) is 44.1 Å². The molecule has 140 valence electrons. The number of hydrogen-bond acceptors (Lipinski definition) is 4. The number of thioether (sulfide) groups is 1. The van der Waals surface area contributed by atoms with Gasteiger partial charge in [-0.15, -0.1) is 0 Å². The van der Waals surface area contributed by atoms with Crippen molar-refractivity contribution in [3.05, 3.63) is 39.7 Å². The molecule has 0 amide bonds. The molecule has 1 aromatic carbocycles. The molecule has 0 spiro atoms. The van der Waals surface area contributed by atoms with Crippen LogP contribution in [0, 0.1) is 0 Å². The molecule has 1 aromatic heterocycles. The van der Waals surface area contributed by atoms with Crippen LogP contribution in [0.5, 0.6) is 5.75 Å². The summed E-state index contributed by atoms with van der Waals surface area (Å²) in [5.41, 5.74) is 1.96.